The molecule has 1 aliphatic heterocycles. The molecule has 2 aromatic carbocycles. The van der Waals surface area contributed by atoms with Gasteiger partial charge in [-0.1, -0.05) is 54.7 Å². The number of nitrogens with zero attached hydrogens (tertiary/aromatic N) is 2. The first-order valence-electron chi connectivity index (χ1n) is 10.9. The summed E-state index contributed by atoms with van der Waals surface area (Å²) in [5, 5.41) is 0. The van der Waals surface area contributed by atoms with Gasteiger partial charge in [0.05, 0.1) is 42.7 Å². The average molecular weight is 479 g/mol. The maximum Gasteiger partial charge on any atom is 0.338 e. The fourth-order valence-corrected chi connectivity index (χ4v) is 4.95. The molecule has 0 radical (unpaired) electrons. The fourth-order valence-electron chi connectivity index (χ4n) is 3.90. The lowest BCUT2D eigenvalue weighted by Crippen LogP contribution is -2.39. The molecule has 7 nitrogen and oxygen atoms in total. The van der Waals surface area contributed by atoms with Crippen molar-refractivity contribution in [3.8, 4) is 11.5 Å². The van der Waals surface area contributed by atoms with Gasteiger partial charge in [0.2, 0.25) is 0 Å². The molecule has 0 saturated heterocycles. The van der Waals surface area contributed by atoms with Crippen molar-refractivity contribution < 1.29 is 19.0 Å². The van der Waals surface area contributed by atoms with E-state index in [1.807, 2.05) is 55.5 Å². The molecule has 1 atom stereocenters. The summed E-state index contributed by atoms with van der Waals surface area (Å²) in [6.07, 6.45) is 2.69. The van der Waals surface area contributed by atoms with Gasteiger partial charge in [-0.2, -0.15) is 0 Å². The number of methoxy groups -OCH3 is 2. The van der Waals surface area contributed by atoms with E-state index in [9.17, 15) is 9.59 Å². The van der Waals surface area contributed by atoms with Crippen LogP contribution in [0.25, 0.3) is 6.08 Å². The van der Waals surface area contributed by atoms with Crippen LogP contribution in [0, 0.1) is 0 Å². The molecule has 0 N–H and O–H groups in total. The number of carbonyl (C=O) groups is 1. The molecule has 176 valence electrons. The molecule has 0 fully saturated rings. The lowest BCUT2D eigenvalue weighted by molar-refractivity contribution is -0.136. The summed E-state index contributed by atoms with van der Waals surface area (Å²) >= 11 is 1.28. The highest BCUT2D eigenvalue weighted by atomic mass is 32.1. The van der Waals surface area contributed by atoms with Crippen LogP contribution in [-0.4, -0.2) is 31.4 Å². The summed E-state index contributed by atoms with van der Waals surface area (Å²) in [6.45, 7) is 4.39. The van der Waals surface area contributed by atoms with E-state index in [0.717, 1.165) is 17.5 Å². The van der Waals surface area contributed by atoms with E-state index < -0.39 is 12.0 Å². The Bertz CT molecular complexity index is 1420. The molecular weight excluding hydrogens is 452 g/mol. The molecule has 0 spiro atoms. The Morgan fingerprint density at radius 1 is 1.15 bits per heavy atom. The molecule has 8 heteroatoms. The molecule has 2 heterocycles. The van der Waals surface area contributed by atoms with Crippen molar-refractivity contribution in [1.29, 1.82) is 0 Å². The van der Waals surface area contributed by atoms with Crippen LogP contribution in [0.3, 0.4) is 0 Å². The minimum Gasteiger partial charge on any atom is -0.493 e. The molecule has 1 aromatic heterocycles. The smallest absolute Gasteiger partial charge is 0.338 e. The molecule has 0 bridgehead atoms. The number of rotatable bonds is 7. The Morgan fingerprint density at radius 3 is 2.59 bits per heavy atom. The van der Waals surface area contributed by atoms with Crippen molar-refractivity contribution in [2.24, 2.45) is 4.99 Å². The van der Waals surface area contributed by atoms with Crippen LogP contribution < -0.4 is 24.4 Å². The Balaban J connectivity index is 1.86. The second kappa shape index (κ2) is 10.1. The number of ether oxygens (including phenoxy) is 3. The molecule has 0 saturated carbocycles. The van der Waals surface area contributed by atoms with E-state index in [2.05, 4.69) is 4.99 Å². The first-order chi connectivity index (χ1) is 16.5. The van der Waals surface area contributed by atoms with Gasteiger partial charge in [-0.25, -0.2) is 9.79 Å². The number of benzene rings is 2. The third-order valence-corrected chi connectivity index (χ3v) is 6.47. The van der Waals surface area contributed by atoms with Crippen LogP contribution >= 0.6 is 11.3 Å². The Hall–Kier alpha value is -3.65. The monoisotopic (exact) mass is 478 g/mol. The van der Waals surface area contributed by atoms with Gasteiger partial charge >= 0.3 is 5.97 Å². The zero-order chi connectivity index (χ0) is 24.2. The molecule has 4 rings (SSSR count). The van der Waals surface area contributed by atoms with E-state index >= 15 is 0 Å². The zero-order valence-electron chi connectivity index (χ0n) is 19.5. The van der Waals surface area contributed by atoms with Crippen molar-refractivity contribution in [3.63, 3.8) is 0 Å². The highest BCUT2D eigenvalue weighted by molar-refractivity contribution is 7.07. The topological polar surface area (TPSA) is 79.1 Å². The molecule has 0 unspecified atom stereocenters. The van der Waals surface area contributed by atoms with E-state index in [-0.39, 0.29) is 5.56 Å². The minimum absolute atomic E-state index is 0.225. The second-order valence-electron chi connectivity index (χ2n) is 7.74. The number of allylic oxidation sites excluding steroid dienone is 1. The average Bonchev–Trinajstić information content (AvgIpc) is 3.16. The molecule has 1 aliphatic rings. The Labute approximate surface area is 201 Å². The predicted molar refractivity (Wildman–Crippen MR) is 131 cm³/mol. The third-order valence-electron chi connectivity index (χ3n) is 5.49. The first-order valence-corrected chi connectivity index (χ1v) is 11.8. The highest BCUT2D eigenvalue weighted by Crippen LogP contribution is 2.31. The van der Waals surface area contributed by atoms with Crippen molar-refractivity contribution >= 4 is 23.4 Å². The summed E-state index contributed by atoms with van der Waals surface area (Å²) < 4.78 is 18.3. The van der Waals surface area contributed by atoms with Gasteiger partial charge in [-0.3, -0.25) is 9.36 Å². The quantitative estimate of drug-likeness (QED) is 0.488. The third kappa shape index (κ3) is 4.41. The van der Waals surface area contributed by atoms with Gasteiger partial charge in [-0.15, -0.1) is 0 Å². The number of aromatic nitrogens is 1. The first kappa shape index (κ1) is 23.5. The van der Waals surface area contributed by atoms with E-state index in [1.54, 1.807) is 24.7 Å². The van der Waals surface area contributed by atoms with E-state index in [1.165, 1.54) is 18.4 Å². The van der Waals surface area contributed by atoms with Crippen molar-refractivity contribution in [1.82, 2.24) is 4.57 Å². The fraction of sp³-hybridized carbons (Fsp3) is 0.269. The standard InChI is InChI=1S/C26H26N2O5S/c1-5-13-33-19-12-11-17(14-20(19)31-3)15-21-24(29)28-23(18-9-7-6-8-10-18)22(25(30)32-4)16(2)27-26(28)34-21/h6-12,14-15,23H,5,13H2,1-4H3/b21-15-/t23-/m1/s1. The van der Waals surface area contributed by atoms with Crippen LogP contribution in [0.5, 0.6) is 11.5 Å². The second-order valence-corrected chi connectivity index (χ2v) is 8.75. The predicted octanol–water partition coefficient (Wildman–Crippen LogP) is 3.21. The van der Waals surface area contributed by atoms with Crippen LogP contribution in [0.1, 0.15) is 37.4 Å². The van der Waals surface area contributed by atoms with Gasteiger partial charge in [0.15, 0.2) is 16.3 Å². The highest BCUT2D eigenvalue weighted by Gasteiger charge is 2.32. The van der Waals surface area contributed by atoms with Crippen LogP contribution in [-0.2, 0) is 9.53 Å². The number of carbonyl (C=O) groups excluding carboxylic acids is 1. The molecule has 34 heavy (non-hydrogen) atoms. The van der Waals surface area contributed by atoms with E-state index in [0.29, 0.717) is 38.7 Å². The van der Waals surface area contributed by atoms with Crippen molar-refractivity contribution in [2.75, 3.05) is 20.8 Å². The zero-order valence-corrected chi connectivity index (χ0v) is 20.3. The lowest BCUT2D eigenvalue weighted by Gasteiger charge is -2.24. The molecule has 0 aliphatic carbocycles. The van der Waals surface area contributed by atoms with Gasteiger partial charge in [0.25, 0.3) is 5.56 Å². The summed E-state index contributed by atoms with van der Waals surface area (Å²) in [5.74, 6) is 0.753. The molecule has 0 amide bonds. The number of fused-ring (bicyclic) bond motifs is 1. The number of hydrogen-bond acceptors (Lipinski definition) is 7. The molecular formula is C26H26N2O5S. The lowest BCUT2D eigenvalue weighted by atomic mass is 9.96. The van der Waals surface area contributed by atoms with Crippen molar-refractivity contribution in [2.45, 2.75) is 26.3 Å². The minimum atomic E-state index is -0.619. The van der Waals surface area contributed by atoms with Crippen LogP contribution in [0.2, 0.25) is 0 Å². The van der Waals surface area contributed by atoms with E-state index in [4.69, 9.17) is 14.2 Å². The SMILES string of the molecule is CCCOc1ccc(/C=c2\sc3n(c2=O)[C@H](c2ccccc2)C(C(=O)OC)=C(C)N=3)cc1OC. The van der Waals surface area contributed by atoms with Gasteiger partial charge < -0.3 is 14.2 Å². The molecule has 3 aromatic rings. The Morgan fingerprint density at radius 2 is 1.91 bits per heavy atom. The maximum absolute atomic E-state index is 13.6. The number of hydrogen-bond donors (Lipinski definition) is 0. The summed E-state index contributed by atoms with van der Waals surface area (Å²) in [5.41, 5.74) is 2.27. The number of thiazole rings is 1. The maximum atomic E-state index is 13.6. The summed E-state index contributed by atoms with van der Waals surface area (Å²) in [4.78, 5) is 31.4. The van der Waals surface area contributed by atoms with Gasteiger partial charge in [0, 0.05) is 0 Å². The Kier molecular flexibility index (Phi) is 6.98. The summed E-state index contributed by atoms with van der Waals surface area (Å²) in [6, 6.07) is 14.4. The summed E-state index contributed by atoms with van der Waals surface area (Å²) in [7, 11) is 2.92. The van der Waals surface area contributed by atoms with Crippen LogP contribution in [0.4, 0.5) is 0 Å². The van der Waals surface area contributed by atoms with Crippen molar-refractivity contribution in [3.05, 3.63) is 90.6 Å². The van der Waals surface area contributed by atoms with Gasteiger partial charge in [-0.05, 0) is 42.7 Å². The normalized spacial score (nSPS) is 15.5. The number of esters is 1. The largest absolute Gasteiger partial charge is 0.493 e. The van der Waals surface area contributed by atoms with Crippen LogP contribution in [0.15, 0.2) is 69.6 Å². The van der Waals surface area contributed by atoms with Gasteiger partial charge in [0.1, 0.15) is 0 Å².